The zero-order chi connectivity index (χ0) is 26.4. The van der Waals surface area contributed by atoms with Crippen molar-refractivity contribution in [2.75, 3.05) is 49.5 Å². The first-order valence-corrected chi connectivity index (χ1v) is 12.1. The molecule has 1 aliphatic rings. The van der Waals surface area contributed by atoms with Crippen molar-refractivity contribution in [1.82, 2.24) is 20.2 Å². The van der Waals surface area contributed by atoms with Crippen LogP contribution in [0.25, 0.3) is 11.4 Å². The molecular weight excluding hydrogens is 498 g/mol. The number of benzene rings is 2. The average Bonchev–Trinajstić information content (AvgIpc) is 2.91. The number of piperazine rings is 1. The molecule has 1 fully saturated rings. The van der Waals surface area contributed by atoms with Gasteiger partial charge in [0.1, 0.15) is 11.6 Å². The number of carbonyl (C=O) groups is 2. The van der Waals surface area contributed by atoms with E-state index in [1.165, 1.54) is 31.2 Å². The van der Waals surface area contributed by atoms with E-state index in [1.807, 2.05) is 18.2 Å². The predicted octanol–water partition coefficient (Wildman–Crippen LogP) is 3.22. The second-order valence-corrected chi connectivity index (χ2v) is 8.87. The SMILES string of the molecule is CC(=O)NCCNc1cc(N2CCN(C(=O)c3ccc([N+](=O)[O-])cc3)CC2)nc(-c2ccc(Cl)cc2)n1. The van der Waals surface area contributed by atoms with Gasteiger partial charge in [0.2, 0.25) is 5.91 Å². The zero-order valence-corrected chi connectivity index (χ0v) is 20.9. The molecule has 0 radical (unpaired) electrons. The maximum Gasteiger partial charge on any atom is 0.269 e. The number of anilines is 2. The molecule has 2 amide bonds. The van der Waals surface area contributed by atoms with Crippen LogP contribution in [0.3, 0.4) is 0 Å². The molecular formula is C25H26ClN7O4. The third kappa shape index (κ3) is 6.70. The molecule has 0 bridgehead atoms. The Morgan fingerprint density at radius 1 is 1.00 bits per heavy atom. The van der Waals surface area contributed by atoms with E-state index in [2.05, 4.69) is 20.5 Å². The predicted molar refractivity (Wildman–Crippen MR) is 141 cm³/mol. The molecule has 4 rings (SSSR count). The molecule has 11 nitrogen and oxygen atoms in total. The number of non-ortho nitro benzene ring substituents is 1. The number of hydrogen-bond acceptors (Lipinski definition) is 8. The number of amides is 2. The second-order valence-electron chi connectivity index (χ2n) is 8.43. The van der Waals surface area contributed by atoms with Gasteiger partial charge in [0.15, 0.2) is 5.82 Å². The van der Waals surface area contributed by atoms with E-state index in [-0.39, 0.29) is 17.5 Å². The van der Waals surface area contributed by atoms with Gasteiger partial charge < -0.3 is 20.4 Å². The molecule has 2 aromatic carbocycles. The topological polar surface area (TPSA) is 134 Å². The highest BCUT2D eigenvalue weighted by Gasteiger charge is 2.24. The highest BCUT2D eigenvalue weighted by Crippen LogP contribution is 2.25. The minimum atomic E-state index is -0.490. The molecule has 12 heteroatoms. The second kappa shape index (κ2) is 11.7. The molecule has 192 valence electrons. The van der Waals surface area contributed by atoms with Crippen LogP contribution in [-0.4, -0.2) is 70.9 Å². The molecule has 0 atom stereocenters. The Labute approximate surface area is 218 Å². The Morgan fingerprint density at radius 3 is 2.30 bits per heavy atom. The van der Waals surface area contributed by atoms with Crippen LogP contribution in [-0.2, 0) is 4.79 Å². The minimum absolute atomic E-state index is 0.0527. The lowest BCUT2D eigenvalue weighted by molar-refractivity contribution is -0.384. The van der Waals surface area contributed by atoms with Crippen molar-refractivity contribution in [3.63, 3.8) is 0 Å². The lowest BCUT2D eigenvalue weighted by atomic mass is 10.1. The number of nitro groups is 1. The van der Waals surface area contributed by atoms with Crippen LogP contribution >= 0.6 is 11.6 Å². The van der Waals surface area contributed by atoms with Gasteiger partial charge in [0, 0.05) is 80.5 Å². The highest BCUT2D eigenvalue weighted by molar-refractivity contribution is 6.30. The summed E-state index contributed by atoms with van der Waals surface area (Å²) in [6.07, 6.45) is 0. The average molecular weight is 524 g/mol. The third-order valence-corrected chi connectivity index (χ3v) is 6.09. The van der Waals surface area contributed by atoms with Crippen LogP contribution in [0.15, 0.2) is 54.6 Å². The number of aromatic nitrogens is 2. The summed E-state index contributed by atoms with van der Waals surface area (Å²) in [5.74, 6) is 1.59. The number of halogens is 1. The van der Waals surface area contributed by atoms with E-state index in [0.29, 0.717) is 67.3 Å². The molecule has 3 aromatic rings. The maximum absolute atomic E-state index is 12.9. The van der Waals surface area contributed by atoms with Crippen molar-refractivity contribution in [2.24, 2.45) is 0 Å². The molecule has 0 saturated carbocycles. The smallest absolute Gasteiger partial charge is 0.269 e. The van der Waals surface area contributed by atoms with Crippen molar-refractivity contribution in [2.45, 2.75) is 6.92 Å². The summed E-state index contributed by atoms with van der Waals surface area (Å²) in [7, 11) is 0. The molecule has 1 saturated heterocycles. The Kier molecular flexibility index (Phi) is 8.14. The maximum atomic E-state index is 12.9. The van der Waals surface area contributed by atoms with Crippen LogP contribution in [0, 0.1) is 10.1 Å². The number of hydrogen-bond donors (Lipinski definition) is 2. The van der Waals surface area contributed by atoms with Crippen LogP contribution in [0.2, 0.25) is 5.02 Å². The van der Waals surface area contributed by atoms with Crippen molar-refractivity contribution >= 4 is 40.7 Å². The van der Waals surface area contributed by atoms with Gasteiger partial charge in [-0.05, 0) is 36.4 Å². The van der Waals surface area contributed by atoms with Crippen molar-refractivity contribution in [1.29, 1.82) is 0 Å². The number of nitrogens with one attached hydrogen (secondary N) is 2. The van der Waals surface area contributed by atoms with Crippen molar-refractivity contribution < 1.29 is 14.5 Å². The molecule has 0 aliphatic carbocycles. The molecule has 2 heterocycles. The highest BCUT2D eigenvalue weighted by atomic mass is 35.5. The molecule has 2 N–H and O–H groups in total. The van der Waals surface area contributed by atoms with Gasteiger partial charge in [0.05, 0.1) is 4.92 Å². The van der Waals surface area contributed by atoms with Gasteiger partial charge in [-0.1, -0.05) is 11.6 Å². The zero-order valence-electron chi connectivity index (χ0n) is 20.2. The van der Waals surface area contributed by atoms with Crippen molar-refractivity contribution in [3.8, 4) is 11.4 Å². The van der Waals surface area contributed by atoms with E-state index in [4.69, 9.17) is 16.6 Å². The van der Waals surface area contributed by atoms with Gasteiger partial charge in [-0.15, -0.1) is 0 Å². The van der Waals surface area contributed by atoms with Crippen LogP contribution in [0.5, 0.6) is 0 Å². The molecule has 1 aromatic heterocycles. The number of carbonyl (C=O) groups excluding carboxylic acids is 2. The minimum Gasteiger partial charge on any atom is -0.368 e. The normalized spacial score (nSPS) is 13.2. The molecule has 37 heavy (non-hydrogen) atoms. The number of nitrogens with zero attached hydrogens (tertiary/aromatic N) is 5. The van der Waals surface area contributed by atoms with E-state index in [9.17, 15) is 19.7 Å². The number of rotatable bonds is 8. The quantitative estimate of drug-likeness (QED) is 0.261. The molecule has 0 spiro atoms. The Balaban J connectivity index is 1.48. The van der Waals surface area contributed by atoms with Gasteiger partial charge in [-0.3, -0.25) is 19.7 Å². The standard InChI is InChI=1S/C25H26ClN7O4/c1-17(34)27-10-11-28-22-16-23(30-24(29-22)18-2-6-20(26)7-3-18)31-12-14-32(15-13-31)25(35)19-4-8-21(9-5-19)33(36)37/h2-9,16H,10-15H2,1H3,(H,27,34)(H,28,29,30). The first-order valence-electron chi connectivity index (χ1n) is 11.7. The number of nitro benzene ring substituents is 1. The Morgan fingerprint density at radius 2 is 1.68 bits per heavy atom. The lowest BCUT2D eigenvalue weighted by Crippen LogP contribution is -2.49. The fourth-order valence-corrected chi connectivity index (χ4v) is 4.02. The Bertz CT molecular complexity index is 1280. The van der Waals surface area contributed by atoms with Gasteiger partial charge in [0.25, 0.3) is 11.6 Å². The van der Waals surface area contributed by atoms with Crippen molar-refractivity contribution in [3.05, 3.63) is 75.3 Å². The lowest BCUT2D eigenvalue weighted by Gasteiger charge is -2.35. The van der Waals surface area contributed by atoms with E-state index in [0.717, 1.165) is 5.56 Å². The van der Waals surface area contributed by atoms with Gasteiger partial charge in [-0.25, -0.2) is 9.97 Å². The monoisotopic (exact) mass is 523 g/mol. The first kappa shape index (κ1) is 25.8. The van der Waals surface area contributed by atoms with E-state index >= 15 is 0 Å². The fraction of sp³-hybridized carbons (Fsp3) is 0.280. The summed E-state index contributed by atoms with van der Waals surface area (Å²) in [6.45, 7) is 4.47. The molecule has 1 aliphatic heterocycles. The molecule has 0 unspecified atom stereocenters. The van der Waals surface area contributed by atoms with E-state index in [1.54, 1.807) is 17.0 Å². The summed E-state index contributed by atoms with van der Waals surface area (Å²) < 4.78 is 0. The van der Waals surface area contributed by atoms with Gasteiger partial charge >= 0.3 is 0 Å². The fourth-order valence-electron chi connectivity index (χ4n) is 3.89. The van der Waals surface area contributed by atoms with Crippen LogP contribution in [0.4, 0.5) is 17.3 Å². The Hall–Kier alpha value is -4.25. The largest absolute Gasteiger partial charge is 0.368 e. The summed E-state index contributed by atoms with van der Waals surface area (Å²) >= 11 is 6.04. The summed E-state index contributed by atoms with van der Waals surface area (Å²) in [6, 6.07) is 14.7. The first-order chi connectivity index (χ1) is 17.8. The summed E-state index contributed by atoms with van der Waals surface area (Å²) in [5, 5.41) is 17.5. The van der Waals surface area contributed by atoms with Crippen LogP contribution < -0.4 is 15.5 Å². The van der Waals surface area contributed by atoms with Crippen LogP contribution in [0.1, 0.15) is 17.3 Å². The van der Waals surface area contributed by atoms with Gasteiger partial charge in [-0.2, -0.15) is 0 Å². The third-order valence-electron chi connectivity index (χ3n) is 5.84. The van der Waals surface area contributed by atoms with E-state index < -0.39 is 4.92 Å². The summed E-state index contributed by atoms with van der Waals surface area (Å²) in [5.41, 5.74) is 1.17. The summed E-state index contributed by atoms with van der Waals surface area (Å²) in [4.78, 5) is 47.6.